The lowest BCUT2D eigenvalue weighted by molar-refractivity contribution is 0.235. The zero-order valence-electron chi connectivity index (χ0n) is 10.8. The average Bonchev–Trinajstić information content (AvgIpc) is 2.63. The first-order valence-electron chi connectivity index (χ1n) is 6.28. The molecule has 0 spiro atoms. The summed E-state index contributed by atoms with van der Waals surface area (Å²) in [7, 11) is 4.10. The van der Waals surface area contributed by atoms with E-state index in [0.717, 1.165) is 44.2 Å². The summed E-state index contributed by atoms with van der Waals surface area (Å²) in [6, 6.07) is 2.05. The van der Waals surface area contributed by atoms with Crippen LogP contribution in [-0.2, 0) is 13.1 Å². The number of nitrogens with one attached hydrogen (secondary N) is 1. The second kappa shape index (κ2) is 6.14. The molecular formula is C12H22N4O. The Morgan fingerprint density at radius 1 is 1.35 bits per heavy atom. The number of hydrogen-bond donors (Lipinski definition) is 1. The number of likely N-dealkylation sites (N-methyl/N-ethyl adjacent to an activating group) is 1. The highest BCUT2D eigenvalue weighted by atomic mass is 16.5. The van der Waals surface area contributed by atoms with Crippen LogP contribution in [0.1, 0.15) is 17.9 Å². The zero-order chi connectivity index (χ0) is 12.1. The van der Waals surface area contributed by atoms with E-state index in [1.165, 1.54) is 13.0 Å². The van der Waals surface area contributed by atoms with Crippen LogP contribution in [-0.4, -0.2) is 55.2 Å². The van der Waals surface area contributed by atoms with Gasteiger partial charge in [-0.15, -0.1) is 0 Å². The first-order valence-corrected chi connectivity index (χ1v) is 6.28. The molecule has 0 saturated carbocycles. The number of hydrogen-bond acceptors (Lipinski definition) is 5. The molecule has 96 valence electrons. The molecule has 1 fully saturated rings. The van der Waals surface area contributed by atoms with Gasteiger partial charge >= 0.3 is 0 Å². The maximum absolute atomic E-state index is 5.34. The van der Waals surface area contributed by atoms with Gasteiger partial charge in [-0.1, -0.05) is 5.16 Å². The van der Waals surface area contributed by atoms with E-state index >= 15 is 0 Å². The van der Waals surface area contributed by atoms with Gasteiger partial charge in [0.25, 0.3) is 0 Å². The number of aromatic nitrogens is 1. The van der Waals surface area contributed by atoms with Crippen molar-refractivity contribution in [3.8, 4) is 0 Å². The first kappa shape index (κ1) is 12.5. The van der Waals surface area contributed by atoms with Gasteiger partial charge in [-0.25, -0.2) is 0 Å². The Hall–Kier alpha value is -0.910. The maximum Gasteiger partial charge on any atom is 0.151 e. The van der Waals surface area contributed by atoms with Gasteiger partial charge in [-0.3, -0.25) is 4.90 Å². The Balaban J connectivity index is 1.86. The van der Waals surface area contributed by atoms with Crippen molar-refractivity contribution in [3.63, 3.8) is 0 Å². The topological polar surface area (TPSA) is 44.5 Å². The van der Waals surface area contributed by atoms with Crippen molar-refractivity contribution < 1.29 is 4.52 Å². The van der Waals surface area contributed by atoms with Crippen LogP contribution in [0, 0.1) is 0 Å². The predicted octanol–water partition coefficient (Wildman–Crippen LogP) is 0.532. The van der Waals surface area contributed by atoms with E-state index in [-0.39, 0.29) is 0 Å². The molecule has 0 bridgehead atoms. The highest BCUT2D eigenvalue weighted by Gasteiger charge is 2.14. The molecular weight excluding hydrogens is 216 g/mol. The molecule has 5 heteroatoms. The van der Waals surface area contributed by atoms with Crippen LogP contribution < -0.4 is 5.32 Å². The predicted molar refractivity (Wildman–Crippen MR) is 66.7 cm³/mol. The average molecular weight is 238 g/mol. The fourth-order valence-electron chi connectivity index (χ4n) is 2.17. The quantitative estimate of drug-likeness (QED) is 0.829. The van der Waals surface area contributed by atoms with Gasteiger partial charge in [0.05, 0.1) is 12.2 Å². The maximum atomic E-state index is 5.34. The Morgan fingerprint density at radius 2 is 2.24 bits per heavy atom. The van der Waals surface area contributed by atoms with Crippen molar-refractivity contribution in [1.82, 2.24) is 20.3 Å². The van der Waals surface area contributed by atoms with Crippen LogP contribution in [0.5, 0.6) is 0 Å². The number of rotatable bonds is 4. The second-order valence-electron chi connectivity index (χ2n) is 4.75. The van der Waals surface area contributed by atoms with Gasteiger partial charge in [0.15, 0.2) is 5.76 Å². The molecule has 0 unspecified atom stereocenters. The summed E-state index contributed by atoms with van der Waals surface area (Å²) in [5.41, 5.74) is 0.981. The normalized spacial score (nSPS) is 19.4. The summed E-state index contributed by atoms with van der Waals surface area (Å²) < 4.78 is 5.34. The third-order valence-electron chi connectivity index (χ3n) is 3.16. The number of nitrogens with zero attached hydrogens (tertiary/aromatic N) is 3. The molecule has 0 atom stereocenters. The lowest BCUT2D eigenvalue weighted by atomic mass is 10.3. The van der Waals surface area contributed by atoms with Crippen LogP contribution >= 0.6 is 0 Å². The molecule has 2 heterocycles. The first-order chi connectivity index (χ1) is 8.28. The van der Waals surface area contributed by atoms with E-state index in [9.17, 15) is 0 Å². The lowest BCUT2D eigenvalue weighted by Gasteiger charge is -2.17. The molecule has 1 saturated heterocycles. The van der Waals surface area contributed by atoms with E-state index in [4.69, 9.17) is 4.52 Å². The SMILES string of the molecule is CNCc1cc(CN2CCCN(C)CC2)on1. The molecule has 1 N–H and O–H groups in total. The lowest BCUT2D eigenvalue weighted by Crippen LogP contribution is -2.28. The fourth-order valence-corrected chi connectivity index (χ4v) is 2.17. The van der Waals surface area contributed by atoms with Crippen LogP contribution in [0.15, 0.2) is 10.6 Å². The Bertz CT molecular complexity index is 339. The molecule has 0 radical (unpaired) electrons. The summed E-state index contributed by atoms with van der Waals surface area (Å²) in [5.74, 6) is 0.972. The molecule has 17 heavy (non-hydrogen) atoms. The van der Waals surface area contributed by atoms with Crippen molar-refractivity contribution in [3.05, 3.63) is 17.5 Å². The van der Waals surface area contributed by atoms with Gasteiger partial charge < -0.3 is 14.7 Å². The van der Waals surface area contributed by atoms with Crippen molar-refractivity contribution in [2.24, 2.45) is 0 Å². The second-order valence-corrected chi connectivity index (χ2v) is 4.75. The van der Waals surface area contributed by atoms with E-state index in [2.05, 4.69) is 27.3 Å². The molecule has 1 aromatic heterocycles. The smallest absolute Gasteiger partial charge is 0.151 e. The van der Waals surface area contributed by atoms with Crippen LogP contribution in [0.4, 0.5) is 0 Å². The summed E-state index contributed by atoms with van der Waals surface area (Å²) in [4.78, 5) is 4.82. The summed E-state index contributed by atoms with van der Waals surface area (Å²) in [5, 5.41) is 7.11. The van der Waals surface area contributed by atoms with Crippen molar-refractivity contribution in [2.75, 3.05) is 40.3 Å². The minimum atomic E-state index is 0.770. The highest BCUT2D eigenvalue weighted by Crippen LogP contribution is 2.09. The van der Waals surface area contributed by atoms with E-state index in [0.29, 0.717) is 0 Å². The monoisotopic (exact) mass is 238 g/mol. The molecule has 0 amide bonds. The Labute approximate surface area is 103 Å². The zero-order valence-corrected chi connectivity index (χ0v) is 10.8. The van der Waals surface area contributed by atoms with Gasteiger partial charge in [0, 0.05) is 25.7 Å². The fraction of sp³-hybridized carbons (Fsp3) is 0.750. The Kier molecular flexibility index (Phi) is 4.53. The molecule has 5 nitrogen and oxygen atoms in total. The third kappa shape index (κ3) is 3.80. The molecule has 1 aliphatic rings. The third-order valence-corrected chi connectivity index (χ3v) is 3.16. The van der Waals surface area contributed by atoms with E-state index in [1.54, 1.807) is 0 Å². The standard InChI is InChI=1S/C12H22N4O/c1-13-9-11-8-12(17-14-11)10-16-5-3-4-15(2)6-7-16/h8,13H,3-7,9-10H2,1-2H3. The largest absolute Gasteiger partial charge is 0.360 e. The summed E-state index contributed by atoms with van der Waals surface area (Å²) >= 11 is 0. The molecule has 1 aliphatic heterocycles. The van der Waals surface area contributed by atoms with Crippen molar-refractivity contribution in [1.29, 1.82) is 0 Å². The van der Waals surface area contributed by atoms with Gasteiger partial charge in [0.2, 0.25) is 0 Å². The Morgan fingerprint density at radius 3 is 3.06 bits per heavy atom. The molecule has 0 aromatic carbocycles. The molecule has 2 rings (SSSR count). The summed E-state index contributed by atoms with van der Waals surface area (Å²) in [6.07, 6.45) is 1.23. The van der Waals surface area contributed by atoms with E-state index in [1.807, 2.05) is 13.1 Å². The molecule has 1 aromatic rings. The minimum absolute atomic E-state index is 0.770. The highest BCUT2D eigenvalue weighted by molar-refractivity contribution is 5.05. The van der Waals surface area contributed by atoms with Crippen LogP contribution in [0.25, 0.3) is 0 Å². The van der Waals surface area contributed by atoms with Gasteiger partial charge in [-0.2, -0.15) is 0 Å². The van der Waals surface area contributed by atoms with Gasteiger partial charge in [0.1, 0.15) is 0 Å². The minimum Gasteiger partial charge on any atom is -0.360 e. The van der Waals surface area contributed by atoms with E-state index < -0.39 is 0 Å². The summed E-state index contributed by atoms with van der Waals surface area (Å²) in [6.45, 7) is 6.23. The van der Waals surface area contributed by atoms with Crippen LogP contribution in [0.3, 0.4) is 0 Å². The van der Waals surface area contributed by atoms with Crippen molar-refractivity contribution >= 4 is 0 Å². The molecule has 0 aliphatic carbocycles. The van der Waals surface area contributed by atoms with Crippen LogP contribution in [0.2, 0.25) is 0 Å². The van der Waals surface area contributed by atoms with Gasteiger partial charge in [-0.05, 0) is 33.6 Å². The van der Waals surface area contributed by atoms with Crippen molar-refractivity contribution in [2.45, 2.75) is 19.5 Å².